The molecule has 1 aromatic rings. The zero-order valence-electron chi connectivity index (χ0n) is 9.39. The lowest BCUT2D eigenvalue weighted by molar-refractivity contribution is 0.558. The van der Waals surface area contributed by atoms with Crippen molar-refractivity contribution in [3.63, 3.8) is 0 Å². The van der Waals surface area contributed by atoms with E-state index >= 15 is 0 Å². The van der Waals surface area contributed by atoms with Crippen molar-refractivity contribution in [1.82, 2.24) is 5.32 Å². The predicted octanol–water partition coefficient (Wildman–Crippen LogP) is 3.98. The Morgan fingerprint density at radius 2 is 2.20 bits per heavy atom. The molecule has 0 aliphatic rings. The van der Waals surface area contributed by atoms with Crippen LogP contribution in [0.4, 0.5) is 0 Å². The summed E-state index contributed by atoms with van der Waals surface area (Å²) in [6, 6.07) is 6.90. The molecule has 0 fully saturated rings. The van der Waals surface area contributed by atoms with Gasteiger partial charge in [0.1, 0.15) is 0 Å². The fourth-order valence-electron chi connectivity index (χ4n) is 1.72. The van der Waals surface area contributed by atoms with Gasteiger partial charge in [0.2, 0.25) is 0 Å². The molecule has 0 heterocycles. The van der Waals surface area contributed by atoms with Crippen molar-refractivity contribution in [2.75, 3.05) is 6.54 Å². The standard InChI is InChI=1S/C13H18BrN/c1-4-6-13(15-5-2)11-7-10(3)8-12(14)9-11/h4,7-9,13,15H,1,5-6H2,2-3H3. The summed E-state index contributed by atoms with van der Waals surface area (Å²) in [6.07, 6.45) is 2.92. The van der Waals surface area contributed by atoms with Gasteiger partial charge in [-0.1, -0.05) is 35.0 Å². The normalized spacial score (nSPS) is 12.5. The topological polar surface area (TPSA) is 12.0 Å². The van der Waals surface area contributed by atoms with E-state index in [2.05, 4.69) is 59.9 Å². The summed E-state index contributed by atoms with van der Waals surface area (Å²) in [5.74, 6) is 0. The van der Waals surface area contributed by atoms with Gasteiger partial charge in [0.05, 0.1) is 0 Å². The molecular weight excluding hydrogens is 250 g/mol. The van der Waals surface area contributed by atoms with Gasteiger partial charge in [-0.05, 0) is 43.1 Å². The third-order valence-corrected chi connectivity index (χ3v) is 2.78. The van der Waals surface area contributed by atoms with Crippen molar-refractivity contribution >= 4 is 15.9 Å². The maximum Gasteiger partial charge on any atom is 0.0355 e. The second-order valence-electron chi connectivity index (χ2n) is 3.70. The molecule has 0 saturated heterocycles. The molecule has 0 bridgehead atoms. The predicted molar refractivity (Wildman–Crippen MR) is 70.1 cm³/mol. The van der Waals surface area contributed by atoms with E-state index < -0.39 is 0 Å². The minimum absolute atomic E-state index is 0.378. The summed E-state index contributed by atoms with van der Waals surface area (Å²) in [6.45, 7) is 9.02. The molecule has 0 spiro atoms. The second-order valence-corrected chi connectivity index (χ2v) is 4.61. The summed E-state index contributed by atoms with van der Waals surface area (Å²) < 4.78 is 1.14. The molecule has 1 atom stereocenters. The smallest absolute Gasteiger partial charge is 0.0355 e. The van der Waals surface area contributed by atoms with Gasteiger partial charge in [-0.25, -0.2) is 0 Å². The quantitative estimate of drug-likeness (QED) is 0.796. The Morgan fingerprint density at radius 1 is 1.47 bits per heavy atom. The number of benzene rings is 1. The Bertz CT molecular complexity index is 313. The average molecular weight is 268 g/mol. The first kappa shape index (κ1) is 12.5. The first-order chi connectivity index (χ1) is 7.17. The van der Waals surface area contributed by atoms with Gasteiger partial charge in [0.15, 0.2) is 0 Å². The zero-order chi connectivity index (χ0) is 11.3. The van der Waals surface area contributed by atoms with Gasteiger partial charge in [-0.15, -0.1) is 6.58 Å². The number of hydrogen-bond donors (Lipinski definition) is 1. The molecule has 0 radical (unpaired) electrons. The summed E-state index contributed by atoms with van der Waals surface area (Å²) >= 11 is 3.53. The van der Waals surface area contributed by atoms with Crippen LogP contribution in [0.15, 0.2) is 35.3 Å². The van der Waals surface area contributed by atoms with Gasteiger partial charge >= 0.3 is 0 Å². The summed E-state index contributed by atoms with van der Waals surface area (Å²) in [7, 11) is 0. The van der Waals surface area contributed by atoms with Crippen LogP contribution in [0.1, 0.15) is 30.5 Å². The maximum atomic E-state index is 3.80. The lowest BCUT2D eigenvalue weighted by Crippen LogP contribution is -2.20. The summed E-state index contributed by atoms with van der Waals surface area (Å²) in [5.41, 5.74) is 2.61. The van der Waals surface area contributed by atoms with Crippen LogP contribution in [-0.2, 0) is 0 Å². The van der Waals surface area contributed by atoms with Crippen LogP contribution in [0.25, 0.3) is 0 Å². The van der Waals surface area contributed by atoms with Gasteiger partial charge in [0, 0.05) is 10.5 Å². The van der Waals surface area contributed by atoms with Crippen LogP contribution in [0.3, 0.4) is 0 Å². The highest BCUT2D eigenvalue weighted by Gasteiger charge is 2.08. The highest BCUT2D eigenvalue weighted by molar-refractivity contribution is 9.10. The van der Waals surface area contributed by atoms with E-state index in [0.29, 0.717) is 6.04 Å². The monoisotopic (exact) mass is 267 g/mol. The lowest BCUT2D eigenvalue weighted by Gasteiger charge is -2.17. The van der Waals surface area contributed by atoms with E-state index in [9.17, 15) is 0 Å². The molecule has 0 aliphatic heterocycles. The van der Waals surface area contributed by atoms with E-state index in [4.69, 9.17) is 0 Å². The van der Waals surface area contributed by atoms with Crippen molar-refractivity contribution < 1.29 is 0 Å². The van der Waals surface area contributed by atoms with Gasteiger partial charge in [0.25, 0.3) is 0 Å². The molecule has 2 heteroatoms. The van der Waals surface area contributed by atoms with Crippen molar-refractivity contribution in [3.8, 4) is 0 Å². The Kier molecular flexibility index (Phi) is 5.06. The van der Waals surface area contributed by atoms with Crippen LogP contribution in [0.5, 0.6) is 0 Å². The van der Waals surface area contributed by atoms with Crippen molar-refractivity contribution in [2.45, 2.75) is 26.3 Å². The minimum Gasteiger partial charge on any atom is -0.310 e. The third kappa shape index (κ3) is 3.80. The molecule has 0 saturated carbocycles. The molecule has 1 N–H and O–H groups in total. The molecule has 0 amide bonds. The summed E-state index contributed by atoms with van der Waals surface area (Å²) in [5, 5.41) is 3.46. The molecule has 1 unspecified atom stereocenters. The number of halogens is 1. The van der Waals surface area contributed by atoms with Gasteiger partial charge in [-0.3, -0.25) is 0 Å². The Labute approximate surface area is 101 Å². The van der Waals surface area contributed by atoms with E-state index in [0.717, 1.165) is 17.4 Å². The van der Waals surface area contributed by atoms with Crippen molar-refractivity contribution in [1.29, 1.82) is 0 Å². The Hall–Kier alpha value is -0.600. The molecule has 1 nitrogen and oxygen atoms in total. The van der Waals surface area contributed by atoms with Gasteiger partial charge < -0.3 is 5.32 Å². The van der Waals surface area contributed by atoms with E-state index in [-0.39, 0.29) is 0 Å². The molecule has 82 valence electrons. The van der Waals surface area contributed by atoms with Crippen LogP contribution in [0, 0.1) is 6.92 Å². The maximum absolute atomic E-state index is 3.80. The van der Waals surface area contributed by atoms with Crippen LogP contribution in [0.2, 0.25) is 0 Å². The Morgan fingerprint density at radius 3 is 2.73 bits per heavy atom. The second kappa shape index (κ2) is 6.09. The first-order valence-corrected chi connectivity index (χ1v) is 6.08. The fraction of sp³-hybridized carbons (Fsp3) is 0.385. The minimum atomic E-state index is 0.378. The first-order valence-electron chi connectivity index (χ1n) is 5.28. The molecule has 1 rings (SSSR count). The van der Waals surface area contributed by atoms with Gasteiger partial charge in [-0.2, -0.15) is 0 Å². The third-order valence-electron chi connectivity index (χ3n) is 2.32. The van der Waals surface area contributed by atoms with Crippen LogP contribution >= 0.6 is 15.9 Å². The van der Waals surface area contributed by atoms with E-state index in [1.165, 1.54) is 11.1 Å². The fourth-order valence-corrected chi connectivity index (χ4v) is 2.34. The molecular formula is C13H18BrN. The number of hydrogen-bond acceptors (Lipinski definition) is 1. The molecule has 1 aromatic carbocycles. The van der Waals surface area contributed by atoms with Crippen LogP contribution < -0.4 is 5.32 Å². The molecule has 0 aliphatic carbocycles. The summed E-state index contributed by atoms with van der Waals surface area (Å²) in [4.78, 5) is 0. The molecule has 15 heavy (non-hydrogen) atoms. The SMILES string of the molecule is C=CCC(NCC)c1cc(C)cc(Br)c1. The zero-order valence-corrected chi connectivity index (χ0v) is 11.0. The number of aryl methyl sites for hydroxylation is 1. The van der Waals surface area contributed by atoms with E-state index in [1.807, 2.05) is 6.08 Å². The Balaban J connectivity index is 2.93. The number of nitrogens with one attached hydrogen (secondary N) is 1. The van der Waals surface area contributed by atoms with Crippen molar-refractivity contribution in [3.05, 3.63) is 46.5 Å². The highest BCUT2D eigenvalue weighted by Crippen LogP contribution is 2.23. The molecule has 0 aromatic heterocycles. The van der Waals surface area contributed by atoms with E-state index in [1.54, 1.807) is 0 Å². The largest absolute Gasteiger partial charge is 0.310 e. The van der Waals surface area contributed by atoms with Crippen LogP contribution in [-0.4, -0.2) is 6.54 Å². The average Bonchev–Trinajstić information content (AvgIpc) is 2.16. The van der Waals surface area contributed by atoms with Crippen molar-refractivity contribution in [2.24, 2.45) is 0 Å². The lowest BCUT2D eigenvalue weighted by atomic mass is 10.0. The highest BCUT2D eigenvalue weighted by atomic mass is 79.9. The number of rotatable bonds is 5.